The van der Waals surface area contributed by atoms with E-state index in [9.17, 15) is 4.79 Å². The molecule has 1 aromatic heterocycles. The summed E-state index contributed by atoms with van der Waals surface area (Å²) in [4.78, 5) is 17.1. The van der Waals surface area contributed by atoms with Gasteiger partial charge in [0.1, 0.15) is 5.15 Å². The Morgan fingerprint density at radius 3 is 2.41 bits per heavy atom. The van der Waals surface area contributed by atoms with Gasteiger partial charge < -0.3 is 15.4 Å². The van der Waals surface area contributed by atoms with Gasteiger partial charge in [0, 0.05) is 29.0 Å². The monoisotopic (exact) mass is 460 g/mol. The minimum absolute atomic E-state index is 0.303. The van der Waals surface area contributed by atoms with Gasteiger partial charge in [0.05, 0.1) is 0 Å². The van der Waals surface area contributed by atoms with Gasteiger partial charge in [-0.05, 0) is 59.0 Å². The molecule has 4 rings (SSSR count). The maximum Gasteiger partial charge on any atom is 0.319 e. The summed E-state index contributed by atoms with van der Waals surface area (Å²) in [6.07, 6.45) is 1.54. The number of nitrogens with zero attached hydrogens (tertiary/aromatic N) is 1. The Hall–Kier alpha value is -3.48. The third-order valence-corrected chi connectivity index (χ3v) is 5.76. The van der Waals surface area contributed by atoms with Crippen LogP contribution in [0.5, 0.6) is 0 Å². The first-order valence-corrected chi connectivity index (χ1v) is 11.2. The highest BCUT2D eigenvalue weighted by Crippen LogP contribution is 2.31. The molecule has 4 aromatic rings. The molecule has 0 saturated carbocycles. The number of pyridine rings is 1. The van der Waals surface area contributed by atoms with Crippen molar-refractivity contribution in [1.82, 2.24) is 10.3 Å². The van der Waals surface area contributed by atoms with Gasteiger partial charge in [-0.25, -0.2) is 9.78 Å². The van der Waals surface area contributed by atoms with Crippen LogP contribution >= 0.6 is 23.5 Å². The molecule has 0 aliphatic heterocycles. The molecular formula is C25H21ClN4OS. The largest absolute Gasteiger partial charge is 0.334 e. The maximum absolute atomic E-state index is 12.1. The van der Waals surface area contributed by atoms with Crippen LogP contribution in [0.2, 0.25) is 5.15 Å². The minimum atomic E-state index is -0.303. The number of rotatable bonds is 7. The van der Waals surface area contributed by atoms with E-state index in [4.69, 9.17) is 11.6 Å². The molecule has 1 heterocycles. The molecule has 0 saturated heterocycles. The van der Waals surface area contributed by atoms with Crippen molar-refractivity contribution in [2.45, 2.75) is 11.4 Å². The van der Waals surface area contributed by atoms with Gasteiger partial charge in [0.15, 0.2) is 0 Å². The van der Waals surface area contributed by atoms with Gasteiger partial charge in [-0.2, -0.15) is 0 Å². The first-order valence-electron chi connectivity index (χ1n) is 10.00. The van der Waals surface area contributed by atoms with Crippen LogP contribution in [0.15, 0.2) is 102 Å². The highest BCUT2D eigenvalue weighted by Gasteiger charge is 2.06. The molecule has 0 aliphatic rings. The van der Waals surface area contributed by atoms with Crippen LogP contribution in [-0.2, 0) is 6.54 Å². The van der Waals surface area contributed by atoms with Crippen molar-refractivity contribution in [3.63, 3.8) is 0 Å². The number of carbonyl (C=O) groups is 1. The first kappa shape index (κ1) is 21.7. The van der Waals surface area contributed by atoms with Gasteiger partial charge in [0.2, 0.25) is 0 Å². The summed E-state index contributed by atoms with van der Waals surface area (Å²) in [6, 6.07) is 29.6. The van der Waals surface area contributed by atoms with Crippen LogP contribution in [-0.4, -0.2) is 11.0 Å². The molecule has 5 nitrogen and oxygen atoms in total. The number of benzene rings is 3. The van der Waals surface area contributed by atoms with E-state index in [2.05, 4.69) is 44.6 Å². The third-order valence-electron chi connectivity index (χ3n) is 4.64. The SMILES string of the molecule is O=C(NCc1ccc(NSc2ccccc2-c2ccccc2)cc1)Nc1ccnc(Cl)c1. The van der Waals surface area contributed by atoms with Crippen molar-refractivity contribution in [3.8, 4) is 11.1 Å². The number of hydrogen-bond donors (Lipinski definition) is 3. The van der Waals surface area contributed by atoms with E-state index in [0.717, 1.165) is 16.1 Å². The van der Waals surface area contributed by atoms with E-state index in [1.807, 2.05) is 54.6 Å². The Balaban J connectivity index is 1.31. The molecule has 3 aromatic carbocycles. The quantitative estimate of drug-likeness (QED) is 0.208. The second-order valence-corrected chi connectivity index (χ2v) is 8.17. The van der Waals surface area contributed by atoms with Crippen molar-refractivity contribution >= 4 is 41.0 Å². The second-order valence-electron chi connectivity index (χ2n) is 6.94. The van der Waals surface area contributed by atoms with E-state index in [1.165, 1.54) is 11.1 Å². The lowest BCUT2D eigenvalue weighted by Gasteiger charge is -2.11. The summed E-state index contributed by atoms with van der Waals surface area (Å²) in [5.41, 5.74) is 4.94. The number of carbonyl (C=O) groups excluding carboxylic acids is 1. The van der Waals surface area contributed by atoms with Crippen LogP contribution in [0.25, 0.3) is 11.1 Å². The molecule has 0 spiro atoms. The smallest absolute Gasteiger partial charge is 0.319 e. The number of aromatic nitrogens is 1. The topological polar surface area (TPSA) is 66.1 Å². The predicted molar refractivity (Wildman–Crippen MR) is 133 cm³/mol. The van der Waals surface area contributed by atoms with Crippen LogP contribution in [0.4, 0.5) is 16.2 Å². The standard InChI is InChI=1S/C25H21ClN4OS/c26-24-16-21(14-15-27-24)29-25(31)28-17-18-10-12-20(13-11-18)30-32-23-9-5-4-8-22(23)19-6-2-1-3-7-19/h1-16,30H,17H2,(H2,27,28,29,31). The van der Waals surface area contributed by atoms with E-state index in [0.29, 0.717) is 17.4 Å². The number of anilines is 2. The second kappa shape index (κ2) is 10.7. The highest BCUT2D eigenvalue weighted by molar-refractivity contribution is 8.00. The van der Waals surface area contributed by atoms with Gasteiger partial charge >= 0.3 is 6.03 Å². The maximum atomic E-state index is 12.1. The Morgan fingerprint density at radius 1 is 0.875 bits per heavy atom. The van der Waals surface area contributed by atoms with Gasteiger partial charge in [-0.3, -0.25) is 0 Å². The lowest BCUT2D eigenvalue weighted by Crippen LogP contribution is -2.28. The zero-order chi connectivity index (χ0) is 22.2. The van der Waals surface area contributed by atoms with Gasteiger partial charge in [-0.15, -0.1) is 0 Å². The van der Waals surface area contributed by atoms with Crippen molar-refractivity contribution in [3.05, 3.63) is 108 Å². The molecule has 0 aliphatic carbocycles. The number of nitrogens with one attached hydrogen (secondary N) is 3. The number of amides is 2. The number of urea groups is 1. The molecule has 0 atom stereocenters. The summed E-state index contributed by atoms with van der Waals surface area (Å²) < 4.78 is 3.40. The predicted octanol–water partition coefficient (Wildman–Crippen LogP) is 6.84. The average Bonchev–Trinajstić information content (AvgIpc) is 2.83. The molecule has 7 heteroatoms. The summed E-state index contributed by atoms with van der Waals surface area (Å²) in [5, 5.41) is 5.89. The zero-order valence-electron chi connectivity index (χ0n) is 17.1. The number of halogens is 1. The van der Waals surface area contributed by atoms with Crippen LogP contribution in [0, 0.1) is 0 Å². The van der Waals surface area contributed by atoms with Crippen LogP contribution in [0.3, 0.4) is 0 Å². The Bertz CT molecular complexity index is 1190. The third kappa shape index (κ3) is 6.03. The van der Waals surface area contributed by atoms with Crippen molar-refractivity contribution in [2.75, 3.05) is 10.0 Å². The van der Waals surface area contributed by atoms with Crippen molar-refractivity contribution in [2.24, 2.45) is 0 Å². The fraction of sp³-hybridized carbons (Fsp3) is 0.0400. The first-order chi connectivity index (χ1) is 15.7. The van der Waals surface area contributed by atoms with E-state index >= 15 is 0 Å². The zero-order valence-corrected chi connectivity index (χ0v) is 18.7. The molecule has 32 heavy (non-hydrogen) atoms. The summed E-state index contributed by atoms with van der Waals surface area (Å²) in [5.74, 6) is 0. The van der Waals surface area contributed by atoms with Crippen LogP contribution < -0.4 is 15.4 Å². The Labute approximate surface area is 196 Å². The van der Waals surface area contributed by atoms with Crippen molar-refractivity contribution < 1.29 is 4.79 Å². The fourth-order valence-corrected chi connectivity index (χ4v) is 4.03. The molecule has 2 amide bonds. The summed E-state index contributed by atoms with van der Waals surface area (Å²) >= 11 is 7.41. The Morgan fingerprint density at radius 2 is 1.62 bits per heavy atom. The average molecular weight is 461 g/mol. The Kier molecular flexibility index (Phi) is 7.27. The van der Waals surface area contributed by atoms with Crippen LogP contribution in [0.1, 0.15) is 5.56 Å². The molecule has 0 unspecified atom stereocenters. The minimum Gasteiger partial charge on any atom is -0.334 e. The summed E-state index contributed by atoms with van der Waals surface area (Å²) in [7, 11) is 0. The molecule has 0 radical (unpaired) electrons. The fourth-order valence-electron chi connectivity index (χ4n) is 3.05. The van der Waals surface area contributed by atoms with E-state index in [1.54, 1.807) is 30.3 Å². The number of hydrogen-bond acceptors (Lipinski definition) is 4. The lowest BCUT2D eigenvalue weighted by atomic mass is 10.1. The molecular weight excluding hydrogens is 440 g/mol. The summed E-state index contributed by atoms with van der Waals surface area (Å²) in [6.45, 7) is 0.412. The molecule has 0 fully saturated rings. The van der Waals surface area contributed by atoms with E-state index < -0.39 is 0 Å². The molecule has 160 valence electrons. The molecule has 3 N–H and O–H groups in total. The van der Waals surface area contributed by atoms with E-state index in [-0.39, 0.29) is 6.03 Å². The normalized spacial score (nSPS) is 10.4. The lowest BCUT2D eigenvalue weighted by molar-refractivity contribution is 0.251. The van der Waals surface area contributed by atoms with Gasteiger partial charge in [0.25, 0.3) is 0 Å². The van der Waals surface area contributed by atoms with Gasteiger partial charge in [-0.1, -0.05) is 72.3 Å². The van der Waals surface area contributed by atoms with Crippen molar-refractivity contribution in [1.29, 1.82) is 0 Å². The highest BCUT2D eigenvalue weighted by atomic mass is 35.5. The molecule has 0 bridgehead atoms.